The SMILES string of the molecule is COCC(N)C(=O)N(C)Cc1ccc(OC)c(OC(F)F)c1.Cl. The van der Waals surface area contributed by atoms with Gasteiger partial charge < -0.3 is 24.8 Å². The van der Waals surface area contributed by atoms with Gasteiger partial charge in [0.15, 0.2) is 11.5 Å². The van der Waals surface area contributed by atoms with Gasteiger partial charge in [-0.15, -0.1) is 12.4 Å². The van der Waals surface area contributed by atoms with Gasteiger partial charge in [0.25, 0.3) is 0 Å². The van der Waals surface area contributed by atoms with Gasteiger partial charge in [0.2, 0.25) is 5.91 Å². The Morgan fingerprint density at radius 2 is 1.96 bits per heavy atom. The van der Waals surface area contributed by atoms with Crippen LogP contribution >= 0.6 is 12.4 Å². The Morgan fingerprint density at radius 1 is 1.30 bits per heavy atom. The quantitative estimate of drug-likeness (QED) is 0.768. The number of rotatable bonds is 8. The molecule has 23 heavy (non-hydrogen) atoms. The van der Waals surface area contributed by atoms with Crippen LogP contribution in [0.4, 0.5) is 8.78 Å². The van der Waals surface area contributed by atoms with Gasteiger partial charge in [-0.2, -0.15) is 8.78 Å². The molecule has 1 unspecified atom stereocenters. The lowest BCUT2D eigenvalue weighted by Gasteiger charge is -2.21. The summed E-state index contributed by atoms with van der Waals surface area (Å²) < 4.78 is 38.9. The number of hydrogen-bond acceptors (Lipinski definition) is 5. The summed E-state index contributed by atoms with van der Waals surface area (Å²) >= 11 is 0. The van der Waals surface area contributed by atoms with E-state index in [1.54, 1.807) is 13.1 Å². The highest BCUT2D eigenvalue weighted by Crippen LogP contribution is 2.29. The van der Waals surface area contributed by atoms with E-state index >= 15 is 0 Å². The minimum atomic E-state index is -2.96. The molecule has 6 nitrogen and oxygen atoms in total. The van der Waals surface area contributed by atoms with E-state index in [0.29, 0.717) is 5.56 Å². The predicted molar refractivity (Wildman–Crippen MR) is 83.2 cm³/mol. The number of nitrogens with zero attached hydrogens (tertiary/aromatic N) is 1. The number of nitrogens with two attached hydrogens (primary N) is 1. The van der Waals surface area contributed by atoms with Crippen molar-refractivity contribution in [1.29, 1.82) is 0 Å². The molecule has 0 bridgehead atoms. The average Bonchev–Trinajstić information content (AvgIpc) is 2.46. The number of hydrogen-bond donors (Lipinski definition) is 1. The molecule has 0 fully saturated rings. The second-order valence-electron chi connectivity index (χ2n) is 4.62. The molecule has 1 atom stereocenters. The van der Waals surface area contributed by atoms with E-state index < -0.39 is 12.7 Å². The van der Waals surface area contributed by atoms with Gasteiger partial charge >= 0.3 is 6.61 Å². The summed E-state index contributed by atoms with van der Waals surface area (Å²) in [6.45, 7) is -2.66. The first-order chi connectivity index (χ1) is 10.4. The molecule has 0 radical (unpaired) electrons. The molecule has 0 aliphatic rings. The molecule has 0 aliphatic heterocycles. The number of alkyl halides is 2. The third-order valence-electron chi connectivity index (χ3n) is 2.90. The van der Waals surface area contributed by atoms with Crippen LogP contribution in [0.3, 0.4) is 0 Å². The Balaban J connectivity index is 0.00000484. The zero-order valence-electron chi connectivity index (χ0n) is 13.1. The minimum Gasteiger partial charge on any atom is -0.493 e. The fraction of sp³-hybridized carbons (Fsp3) is 0.500. The second-order valence-corrected chi connectivity index (χ2v) is 4.62. The van der Waals surface area contributed by atoms with Gasteiger partial charge in [0, 0.05) is 20.7 Å². The summed E-state index contributed by atoms with van der Waals surface area (Å²) in [5, 5.41) is 0. The molecule has 0 aromatic heterocycles. The zero-order valence-corrected chi connectivity index (χ0v) is 13.9. The fourth-order valence-corrected chi connectivity index (χ4v) is 1.89. The normalized spacial score (nSPS) is 11.6. The van der Waals surface area contributed by atoms with E-state index in [4.69, 9.17) is 15.2 Å². The average molecular weight is 355 g/mol. The molecule has 0 heterocycles. The number of methoxy groups -OCH3 is 2. The van der Waals surface area contributed by atoms with Gasteiger partial charge in [-0.3, -0.25) is 4.79 Å². The van der Waals surface area contributed by atoms with Crippen molar-refractivity contribution in [2.24, 2.45) is 5.73 Å². The third-order valence-corrected chi connectivity index (χ3v) is 2.90. The number of carbonyl (C=O) groups excluding carboxylic acids is 1. The maximum Gasteiger partial charge on any atom is 0.387 e. The third kappa shape index (κ3) is 6.55. The Labute approximate surface area is 139 Å². The highest BCUT2D eigenvalue weighted by Gasteiger charge is 2.19. The molecule has 0 aliphatic carbocycles. The molecular formula is C14H21ClF2N2O4. The summed E-state index contributed by atoms with van der Waals surface area (Å²) in [5.74, 6) is -0.208. The molecule has 1 aromatic carbocycles. The van der Waals surface area contributed by atoms with Crippen molar-refractivity contribution >= 4 is 18.3 Å². The summed E-state index contributed by atoms with van der Waals surface area (Å²) in [7, 11) is 4.37. The van der Waals surface area contributed by atoms with Crippen LogP contribution in [0.5, 0.6) is 11.5 Å². The first-order valence-electron chi connectivity index (χ1n) is 6.50. The van der Waals surface area contributed by atoms with Crippen molar-refractivity contribution < 1.29 is 27.8 Å². The van der Waals surface area contributed by atoms with Crippen LogP contribution in [-0.4, -0.2) is 51.3 Å². The van der Waals surface area contributed by atoms with E-state index in [9.17, 15) is 13.6 Å². The van der Waals surface area contributed by atoms with Crippen LogP contribution in [0.15, 0.2) is 18.2 Å². The number of ether oxygens (including phenoxy) is 3. The molecular weight excluding hydrogens is 334 g/mol. The smallest absolute Gasteiger partial charge is 0.387 e. The highest BCUT2D eigenvalue weighted by atomic mass is 35.5. The Kier molecular flexibility index (Phi) is 9.47. The topological polar surface area (TPSA) is 74.0 Å². The van der Waals surface area contributed by atoms with Crippen molar-refractivity contribution in [3.05, 3.63) is 23.8 Å². The van der Waals surface area contributed by atoms with Crippen molar-refractivity contribution in [2.45, 2.75) is 19.2 Å². The van der Waals surface area contributed by atoms with Crippen molar-refractivity contribution in [2.75, 3.05) is 27.9 Å². The van der Waals surface area contributed by atoms with Crippen LogP contribution in [0.25, 0.3) is 0 Å². The van der Waals surface area contributed by atoms with Crippen LogP contribution in [-0.2, 0) is 16.1 Å². The first kappa shape index (κ1) is 21.4. The number of likely N-dealkylation sites (N-methyl/N-ethyl adjacent to an activating group) is 1. The van der Waals surface area contributed by atoms with Crippen molar-refractivity contribution in [3.63, 3.8) is 0 Å². The lowest BCUT2D eigenvalue weighted by atomic mass is 10.1. The molecule has 1 rings (SSSR count). The van der Waals surface area contributed by atoms with Crippen molar-refractivity contribution in [3.8, 4) is 11.5 Å². The minimum absolute atomic E-state index is 0. The van der Waals surface area contributed by atoms with E-state index in [2.05, 4.69) is 4.74 Å². The maximum absolute atomic E-state index is 12.4. The summed E-state index contributed by atoms with van der Waals surface area (Å²) in [6.07, 6.45) is 0. The zero-order chi connectivity index (χ0) is 16.7. The molecule has 0 saturated carbocycles. The summed E-state index contributed by atoms with van der Waals surface area (Å²) in [5.41, 5.74) is 6.27. The van der Waals surface area contributed by atoms with Gasteiger partial charge in [-0.25, -0.2) is 0 Å². The van der Waals surface area contributed by atoms with E-state index in [0.717, 1.165) is 0 Å². The predicted octanol–water partition coefficient (Wildman–Crippen LogP) is 1.65. The number of carbonyl (C=O) groups is 1. The highest BCUT2D eigenvalue weighted by molar-refractivity contribution is 5.85. The molecule has 0 spiro atoms. The lowest BCUT2D eigenvalue weighted by molar-refractivity contribution is -0.133. The Hall–Kier alpha value is -1.64. The standard InChI is InChI=1S/C14H20F2N2O4.ClH/c1-18(13(19)10(17)8-20-2)7-9-4-5-11(21-3)12(6-9)22-14(15)16;/h4-6,10,14H,7-8,17H2,1-3H3;1H. The molecule has 132 valence electrons. The van der Waals surface area contributed by atoms with Crippen molar-refractivity contribution in [1.82, 2.24) is 4.90 Å². The molecule has 0 saturated heterocycles. The maximum atomic E-state index is 12.4. The monoisotopic (exact) mass is 354 g/mol. The molecule has 1 aromatic rings. The second kappa shape index (κ2) is 10.2. The molecule has 2 N–H and O–H groups in total. The first-order valence-corrected chi connectivity index (χ1v) is 6.50. The Bertz CT molecular complexity index is 506. The number of amides is 1. The van der Waals surface area contributed by atoms with E-state index in [1.165, 1.54) is 31.3 Å². The van der Waals surface area contributed by atoms with Gasteiger partial charge in [0.05, 0.1) is 13.7 Å². The summed E-state index contributed by atoms with van der Waals surface area (Å²) in [6, 6.07) is 3.78. The fourth-order valence-electron chi connectivity index (χ4n) is 1.89. The van der Waals surface area contributed by atoms with Gasteiger partial charge in [0.1, 0.15) is 6.04 Å². The molecule has 9 heteroatoms. The number of halogens is 3. The molecule has 1 amide bonds. The van der Waals surface area contributed by atoms with Crippen LogP contribution in [0.1, 0.15) is 5.56 Å². The van der Waals surface area contributed by atoms with Gasteiger partial charge in [-0.1, -0.05) is 6.07 Å². The van der Waals surface area contributed by atoms with E-state index in [1.807, 2.05) is 0 Å². The van der Waals surface area contributed by atoms with Gasteiger partial charge in [-0.05, 0) is 17.7 Å². The summed E-state index contributed by atoms with van der Waals surface area (Å²) in [4.78, 5) is 13.4. The number of benzene rings is 1. The van der Waals surface area contributed by atoms with Crippen LogP contribution in [0.2, 0.25) is 0 Å². The van der Waals surface area contributed by atoms with Crippen LogP contribution in [0, 0.1) is 0 Å². The van der Waals surface area contributed by atoms with E-state index in [-0.39, 0.29) is 43.0 Å². The van der Waals surface area contributed by atoms with Crippen LogP contribution < -0.4 is 15.2 Å². The largest absolute Gasteiger partial charge is 0.493 e. The lowest BCUT2D eigenvalue weighted by Crippen LogP contribution is -2.44. The Morgan fingerprint density at radius 3 is 2.48 bits per heavy atom.